The third-order valence-electron chi connectivity index (χ3n) is 3.91. The molecule has 17 heavy (non-hydrogen) atoms. The van der Waals surface area contributed by atoms with E-state index in [0.29, 0.717) is 6.54 Å². The zero-order chi connectivity index (χ0) is 12.3. The van der Waals surface area contributed by atoms with E-state index in [0.717, 1.165) is 12.3 Å². The van der Waals surface area contributed by atoms with Gasteiger partial charge < -0.3 is 0 Å². The van der Waals surface area contributed by atoms with E-state index in [1.54, 1.807) is 0 Å². The maximum atomic E-state index is 10.2. The summed E-state index contributed by atoms with van der Waals surface area (Å²) in [4.78, 5) is 10.2. The Balaban J connectivity index is 2.30. The fourth-order valence-corrected chi connectivity index (χ4v) is 2.76. The SMILES string of the molecule is C=C1CCCCCCC(CCN=O)CCCC1. The predicted octanol–water partition coefficient (Wildman–Crippen LogP) is 5.23. The number of allylic oxidation sites excluding steroid dienone is 1. The van der Waals surface area contributed by atoms with Crippen LogP contribution in [0.15, 0.2) is 17.3 Å². The van der Waals surface area contributed by atoms with Gasteiger partial charge in [0.1, 0.15) is 0 Å². The van der Waals surface area contributed by atoms with Crippen LogP contribution in [-0.2, 0) is 0 Å². The first-order chi connectivity index (χ1) is 8.33. The molecule has 0 aliphatic heterocycles. The largest absolute Gasteiger partial charge is 0.151 e. The monoisotopic (exact) mass is 237 g/mol. The van der Waals surface area contributed by atoms with Gasteiger partial charge in [0, 0.05) is 0 Å². The van der Waals surface area contributed by atoms with Crippen molar-refractivity contribution in [3.63, 3.8) is 0 Å². The lowest BCUT2D eigenvalue weighted by molar-refractivity contribution is 0.385. The Morgan fingerprint density at radius 2 is 1.59 bits per heavy atom. The van der Waals surface area contributed by atoms with E-state index < -0.39 is 0 Å². The summed E-state index contributed by atoms with van der Waals surface area (Å²) < 4.78 is 0. The molecule has 2 nitrogen and oxygen atoms in total. The topological polar surface area (TPSA) is 29.4 Å². The Labute approximate surface area is 106 Å². The molecular formula is C15H27NO. The fraction of sp³-hybridized carbons (Fsp3) is 0.867. The van der Waals surface area contributed by atoms with Crippen LogP contribution in [0.25, 0.3) is 0 Å². The Morgan fingerprint density at radius 1 is 1.00 bits per heavy atom. The molecule has 1 aliphatic rings. The van der Waals surface area contributed by atoms with Crippen molar-refractivity contribution in [2.75, 3.05) is 6.54 Å². The molecule has 0 aromatic carbocycles. The number of rotatable bonds is 3. The second-order valence-electron chi connectivity index (χ2n) is 5.46. The van der Waals surface area contributed by atoms with Crippen molar-refractivity contribution >= 4 is 0 Å². The summed E-state index contributed by atoms with van der Waals surface area (Å²) in [6.07, 6.45) is 13.9. The molecule has 0 saturated heterocycles. The van der Waals surface area contributed by atoms with Gasteiger partial charge in [0.05, 0.1) is 6.54 Å². The first-order valence-electron chi connectivity index (χ1n) is 7.28. The number of hydrogen-bond donors (Lipinski definition) is 0. The standard InChI is InChI=1S/C15H27NO/c1-14-8-4-2-3-5-10-15(12-13-16-17)11-7-6-9-14/h15H,1-13H2. The minimum atomic E-state index is 0.511. The molecule has 0 heterocycles. The van der Waals surface area contributed by atoms with Crippen LogP contribution < -0.4 is 0 Å². The highest BCUT2D eigenvalue weighted by atomic mass is 16.3. The molecule has 0 aromatic rings. The normalized spacial score (nSPS) is 24.7. The molecule has 0 spiro atoms. The quantitative estimate of drug-likeness (QED) is 0.488. The van der Waals surface area contributed by atoms with Crippen LogP contribution in [0.3, 0.4) is 0 Å². The van der Waals surface area contributed by atoms with Crippen molar-refractivity contribution in [3.8, 4) is 0 Å². The van der Waals surface area contributed by atoms with E-state index in [1.165, 1.54) is 69.8 Å². The fourth-order valence-electron chi connectivity index (χ4n) is 2.76. The summed E-state index contributed by atoms with van der Waals surface area (Å²) in [5.41, 5.74) is 1.44. The van der Waals surface area contributed by atoms with Crippen molar-refractivity contribution in [2.24, 2.45) is 11.1 Å². The van der Waals surface area contributed by atoms with Gasteiger partial charge >= 0.3 is 0 Å². The second-order valence-corrected chi connectivity index (χ2v) is 5.46. The molecular weight excluding hydrogens is 210 g/mol. The number of nitrogens with zero attached hydrogens (tertiary/aromatic N) is 1. The molecule has 0 amide bonds. The molecule has 0 bridgehead atoms. The molecule has 1 rings (SSSR count). The summed E-state index contributed by atoms with van der Waals surface area (Å²) in [6.45, 7) is 4.67. The maximum Gasteiger partial charge on any atom is 0.0813 e. The first kappa shape index (κ1) is 14.4. The highest BCUT2D eigenvalue weighted by Crippen LogP contribution is 2.24. The average molecular weight is 237 g/mol. The van der Waals surface area contributed by atoms with Gasteiger partial charge in [-0.2, -0.15) is 4.91 Å². The van der Waals surface area contributed by atoms with Gasteiger partial charge in [-0.3, -0.25) is 0 Å². The highest BCUT2D eigenvalue weighted by molar-refractivity contribution is 4.93. The van der Waals surface area contributed by atoms with Gasteiger partial charge in [0.15, 0.2) is 0 Å². The van der Waals surface area contributed by atoms with Gasteiger partial charge in [0.2, 0.25) is 0 Å². The van der Waals surface area contributed by atoms with Crippen LogP contribution in [0.5, 0.6) is 0 Å². The van der Waals surface area contributed by atoms with E-state index in [9.17, 15) is 4.91 Å². The van der Waals surface area contributed by atoms with E-state index in [4.69, 9.17) is 0 Å². The van der Waals surface area contributed by atoms with E-state index in [2.05, 4.69) is 11.8 Å². The molecule has 0 N–H and O–H groups in total. The first-order valence-corrected chi connectivity index (χ1v) is 7.28. The van der Waals surface area contributed by atoms with Crippen molar-refractivity contribution in [1.29, 1.82) is 0 Å². The second kappa shape index (κ2) is 9.38. The lowest BCUT2D eigenvalue weighted by Gasteiger charge is -2.16. The summed E-state index contributed by atoms with van der Waals surface area (Å²) in [5.74, 6) is 0.736. The third-order valence-corrected chi connectivity index (χ3v) is 3.91. The van der Waals surface area contributed by atoms with Gasteiger partial charge in [-0.25, -0.2) is 0 Å². The van der Waals surface area contributed by atoms with E-state index in [1.807, 2.05) is 0 Å². The third kappa shape index (κ3) is 7.30. The Bertz CT molecular complexity index is 225. The smallest absolute Gasteiger partial charge is 0.0813 e. The predicted molar refractivity (Wildman–Crippen MR) is 74.1 cm³/mol. The van der Waals surface area contributed by atoms with Crippen LogP contribution in [0.1, 0.15) is 70.6 Å². The lowest BCUT2D eigenvalue weighted by Crippen LogP contribution is -2.03. The Kier molecular flexibility index (Phi) is 7.94. The van der Waals surface area contributed by atoms with Crippen molar-refractivity contribution in [1.82, 2.24) is 0 Å². The lowest BCUT2D eigenvalue weighted by atomic mass is 9.90. The van der Waals surface area contributed by atoms with E-state index >= 15 is 0 Å². The molecule has 98 valence electrons. The minimum absolute atomic E-state index is 0.511. The van der Waals surface area contributed by atoms with Crippen LogP contribution in [0.4, 0.5) is 0 Å². The van der Waals surface area contributed by atoms with Crippen LogP contribution in [-0.4, -0.2) is 6.54 Å². The van der Waals surface area contributed by atoms with Crippen LogP contribution in [0.2, 0.25) is 0 Å². The number of hydrogen-bond acceptors (Lipinski definition) is 2. The molecule has 0 radical (unpaired) electrons. The summed E-state index contributed by atoms with van der Waals surface area (Å²) in [6, 6.07) is 0. The zero-order valence-corrected chi connectivity index (χ0v) is 11.1. The minimum Gasteiger partial charge on any atom is -0.151 e. The number of nitroso groups, excluding NO2 is 1. The van der Waals surface area contributed by atoms with Crippen molar-refractivity contribution in [3.05, 3.63) is 17.1 Å². The van der Waals surface area contributed by atoms with Crippen molar-refractivity contribution in [2.45, 2.75) is 70.6 Å². The molecule has 0 aromatic heterocycles. The average Bonchev–Trinajstić information content (AvgIpc) is 2.32. The molecule has 2 heteroatoms. The molecule has 1 unspecified atom stereocenters. The molecule has 1 aliphatic carbocycles. The van der Waals surface area contributed by atoms with Gasteiger partial charge in [-0.1, -0.05) is 55.9 Å². The Morgan fingerprint density at radius 3 is 2.29 bits per heavy atom. The van der Waals surface area contributed by atoms with Gasteiger partial charge in [-0.05, 0) is 38.0 Å². The maximum absolute atomic E-state index is 10.2. The molecule has 1 fully saturated rings. The summed E-state index contributed by atoms with van der Waals surface area (Å²) >= 11 is 0. The molecule has 1 atom stereocenters. The van der Waals surface area contributed by atoms with Gasteiger partial charge in [0.25, 0.3) is 0 Å². The summed E-state index contributed by atoms with van der Waals surface area (Å²) in [7, 11) is 0. The molecule has 1 saturated carbocycles. The summed E-state index contributed by atoms with van der Waals surface area (Å²) in [5, 5.41) is 3.01. The van der Waals surface area contributed by atoms with Crippen molar-refractivity contribution < 1.29 is 0 Å². The van der Waals surface area contributed by atoms with Gasteiger partial charge in [-0.15, -0.1) is 0 Å². The van der Waals surface area contributed by atoms with E-state index in [-0.39, 0.29) is 0 Å². The zero-order valence-electron chi connectivity index (χ0n) is 11.1. The van der Waals surface area contributed by atoms with Crippen LogP contribution >= 0.6 is 0 Å². The Hall–Kier alpha value is -0.660. The highest BCUT2D eigenvalue weighted by Gasteiger charge is 2.09. The van der Waals surface area contributed by atoms with Crippen LogP contribution in [0, 0.1) is 10.8 Å².